The van der Waals surface area contributed by atoms with Gasteiger partial charge >= 0.3 is 12.1 Å². The lowest BCUT2D eigenvalue weighted by molar-refractivity contribution is -0.139. The number of amides is 1. The first-order chi connectivity index (χ1) is 13.6. The Morgan fingerprint density at radius 2 is 1.93 bits per heavy atom. The van der Waals surface area contributed by atoms with Crippen molar-refractivity contribution in [1.29, 1.82) is 0 Å². The molecule has 3 heterocycles. The molecule has 0 radical (unpaired) electrons. The smallest absolute Gasteiger partial charge is 0.418 e. The monoisotopic (exact) mass is 418 g/mol. The number of aromatic amines is 1. The largest absolute Gasteiger partial charge is 0.491 e. The molecule has 2 aromatic heterocycles. The first-order valence-corrected chi connectivity index (χ1v) is 8.98. The van der Waals surface area contributed by atoms with Crippen LogP contribution in [-0.2, 0) is 16.1 Å². The van der Waals surface area contributed by atoms with E-state index in [1.165, 1.54) is 32.0 Å². The average Bonchev–Trinajstić information content (AvgIpc) is 2.84. The number of benzene rings is 1. The zero-order valence-corrected chi connectivity index (χ0v) is 16.1. The maximum absolute atomic E-state index is 12.9. The lowest BCUT2D eigenvalue weighted by Gasteiger charge is -2.25. The van der Waals surface area contributed by atoms with E-state index in [1.807, 2.05) is 0 Å². The van der Waals surface area contributed by atoms with Crippen LogP contribution in [-0.4, -0.2) is 48.9 Å². The molecular formula is C18H15ClN4O6. The highest BCUT2D eigenvalue weighted by atomic mass is 35.5. The molecule has 150 valence electrons. The molecule has 0 spiro atoms. The fourth-order valence-corrected chi connectivity index (χ4v) is 3.46. The molecule has 0 aliphatic carbocycles. The number of carbonyl (C=O) groups is 2. The number of fused-ring (bicyclic) bond motifs is 2. The number of hydrogen-bond donors (Lipinski definition) is 2. The zero-order valence-electron chi connectivity index (χ0n) is 15.4. The second-order valence-electron chi connectivity index (χ2n) is 7.11. The van der Waals surface area contributed by atoms with Crippen LogP contribution in [0.1, 0.15) is 13.8 Å². The van der Waals surface area contributed by atoms with E-state index < -0.39 is 34.5 Å². The van der Waals surface area contributed by atoms with Gasteiger partial charge in [-0.3, -0.25) is 14.5 Å². The Hall–Kier alpha value is -3.40. The topological polar surface area (TPSA) is 135 Å². The number of aromatic nitrogens is 3. The molecular weight excluding hydrogens is 404 g/mol. The molecule has 0 saturated carbocycles. The van der Waals surface area contributed by atoms with Crippen molar-refractivity contribution in [2.45, 2.75) is 25.9 Å². The third kappa shape index (κ3) is 2.83. The third-order valence-electron chi connectivity index (χ3n) is 4.96. The Morgan fingerprint density at radius 3 is 2.59 bits per heavy atom. The van der Waals surface area contributed by atoms with E-state index in [0.717, 1.165) is 9.58 Å². The zero-order chi connectivity index (χ0) is 21.1. The van der Waals surface area contributed by atoms with E-state index in [0.29, 0.717) is 10.5 Å². The van der Waals surface area contributed by atoms with Gasteiger partial charge < -0.3 is 14.8 Å². The van der Waals surface area contributed by atoms with Crippen LogP contribution in [0.25, 0.3) is 21.8 Å². The molecule has 1 fully saturated rings. The number of nitrogens with one attached hydrogen (secondary N) is 1. The second kappa shape index (κ2) is 6.31. The molecule has 10 nitrogen and oxygen atoms in total. The van der Waals surface area contributed by atoms with Crippen LogP contribution in [0, 0.1) is 0 Å². The Balaban J connectivity index is 1.81. The summed E-state index contributed by atoms with van der Waals surface area (Å²) in [6.45, 7) is 2.77. The number of ether oxygens (including phenoxy) is 1. The van der Waals surface area contributed by atoms with Gasteiger partial charge in [0.25, 0.3) is 11.4 Å². The van der Waals surface area contributed by atoms with Crippen molar-refractivity contribution in [1.82, 2.24) is 19.7 Å². The highest BCUT2D eigenvalue weighted by molar-refractivity contribution is 6.31. The molecule has 1 aliphatic heterocycles. The number of rotatable bonds is 3. The predicted molar refractivity (Wildman–Crippen MR) is 103 cm³/mol. The molecule has 0 atom stereocenters. The van der Waals surface area contributed by atoms with Gasteiger partial charge in [0.15, 0.2) is 0 Å². The number of hydrogen-bond acceptors (Lipinski definition) is 7. The van der Waals surface area contributed by atoms with E-state index in [4.69, 9.17) is 11.6 Å². The van der Waals surface area contributed by atoms with Gasteiger partial charge in [-0.1, -0.05) is 11.6 Å². The van der Waals surface area contributed by atoms with Crippen molar-refractivity contribution in [3.05, 3.63) is 43.8 Å². The van der Waals surface area contributed by atoms with Gasteiger partial charge in [0.2, 0.25) is 5.43 Å². The predicted octanol–water partition coefficient (Wildman–Crippen LogP) is 1.35. The van der Waals surface area contributed by atoms with Crippen molar-refractivity contribution in [2.75, 3.05) is 6.54 Å². The number of halogens is 1. The first-order valence-electron chi connectivity index (χ1n) is 8.60. The Bertz CT molecular complexity index is 1330. The summed E-state index contributed by atoms with van der Waals surface area (Å²) in [5.41, 5.74) is -2.29. The number of pyridine rings is 1. The van der Waals surface area contributed by atoms with Crippen LogP contribution in [0.4, 0.5) is 4.79 Å². The summed E-state index contributed by atoms with van der Waals surface area (Å²) in [6, 6.07) is 4.50. The van der Waals surface area contributed by atoms with E-state index in [9.17, 15) is 24.3 Å². The maximum Gasteiger partial charge on any atom is 0.418 e. The van der Waals surface area contributed by atoms with Gasteiger partial charge in [0.05, 0.1) is 12.1 Å². The summed E-state index contributed by atoms with van der Waals surface area (Å²) in [5, 5.41) is 14.4. The van der Waals surface area contributed by atoms with E-state index in [-0.39, 0.29) is 29.4 Å². The summed E-state index contributed by atoms with van der Waals surface area (Å²) in [7, 11) is 0. The molecule has 3 aromatic rings. The highest BCUT2D eigenvalue weighted by Gasteiger charge is 2.48. The Labute approximate surface area is 167 Å². The highest BCUT2D eigenvalue weighted by Crippen LogP contribution is 2.25. The van der Waals surface area contributed by atoms with Crippen LogP contribution in [0.3, 0.4) is 0 Å². The summed E-state index contributed by atoms with van der Waals surface area (Å²) >= 11 is 5.93. The van der Waals surface area contributed by atoms with Crippen molar-refractivity contribution in [2.24, 2.45) is 0 Å². The fraction of sp³-hybridized carbons (Fsp3) is 0.278. The summed E-state index contributed by atoms with van der Waals surface area (Å²) in [4.78, 5) is 53.3. The third-order valence-corrected chi connectivity index (χ3v) is 5.20. The minimum Gasteiger partial charge on any atom is -0.491 e. The average molecular weight is 419 g/mol. The molecule has 29 heavy (non-hydrogen) atoms. The molecule has 2 N–H and O–H groups in total. The van der Waals surface area contributed by atoms with Gasteiger partial charge in [-0.15, -0.1) is 5.10 Å². The van der Waals surface area contributed by atoms with Crippen LogP contribution < -0.4 is 11.0 Å². The van der Waals surface area contributed by atoms with Crippen molar-refractivity contribution >= 4 is 45.5 Å². The maximum atomic E-state index is 12.9. The van der Waals surface area contributed by atoms with Gasteiger partial charge in [0, 0.05) is 17.0 Å². The van der Waals surface area contributed by atoms with E-state index in [2.05, 4.69) is 14.8 Å². The number of cyclic esters (lactones) is 2. The molecule has 1 aromatic carbocycles. The van der Waals surface area contributed by atoms with Gasteiger partial charge in [-0.2, -0.15) is 0 Å². The molecule has 4 rings (SSSR count). The second-order valence-corrected chi connectivity index (χ2v) is 7.55. The lowest BCUT2D eigenvalue weighted by atomic mass is 10.1. The molecule has 1 saturated heterocycles. The standard InChI is InChI=1S/C18H15ClN4O6/c1-18(2)16(27)29-17(28)22(18)5-6-23-15(26)11-12(14(25)21-23)20-10-7-8(19)3-4-9(10)13(11)24/h3-4,7H,5-6H2,1-2H3,(H,20,24)(H,21,25). The van der Waals surface area contributed by atoms with Crippen molar-refractivity contribution in [3.8, 4) is 5.88 Å². The van der Waals surface area contributed by atoms with Gasteiger partial charge in [-0.25, -0.2) is 14.3 Å². The van der Waals surface area contributed by atoms with Crippen LogP contribution >= 0.6 is 11.6 Å². The van der Waals surface area contributed by atoms with Gasteiger partial charge in [-0.05, 0) is 32.0 Å². The molecule has 1 amide bonds. The SMILES string of the molecule is CC1(C)C(=O)OC(=O)N1CCn1nc(O)c2[nH]c3cc(Cl)ccc3c(=O)c2c1=O. The Morgan fingerprint density at radius 1 is 1.21 bits per heavy atom. The number of H-pyrrole nitrogens is 1. The van der Waals surface area contributed by atoms with E-state index in [1.54, 1.807) is 0 Å². The van der Waals surface area contributed by atoms with Crippen LogP contribution in [0.2, 0.25) is 5.02 Å². The summed E-state index contributed by atoms with van der Waals surface area (Å²) in [5.74, 6) is -1.26. The quantitative estimate of drug-likeness (QED) is 0.372. The molecule has 11 heteroatoms. The minimum atomic E-state index is -1.20. The molecule has 0 unspecified atom stereocenters. The Kier molecular flexibility index (Phi) is 4.12. The molecule has 1 aliphatic rings. The number of aromatic hydroxyl groups is 1. The summed E-state index contributed by atoms with van der Waals surface area (Å²) in [6.07, 6.45) is -0.834. The van der Waals surface area contributed by atoms with Crippen LogP contribution in [0.5, 0.6) is 5.88 Å². The summed E-state index contributed by atoms with van der Waals surface area (Å²) < 4.78 is 5.48. The number of nitrogens with zero attached hydrogens (tertiary/aromatic N) is 3. The number of esters is 1. The normalized spacial score (nSPS) is 16.0. The van der Waals surface area contributed by atoms with Crippen LogP contribution in [0.15, 0.2) is 27.8 Å². The van der Waals surface area contributed by atoms with Crippen molar-refractivity contribution in [3.63, 3.8) is 0 Å². The number of carbonyl (C=O) groups excluding carboxylic acids is 2. The van der Waals surface area contributed by atoms with E-state index >= 15 is 0 Å². The molecule has 0 bridgehead atoms. The first kappa shape index (κ1) is 18.9. The fourth-order valence-electron chi connectivity index (χ4n) is 3.29. The van der Waals surface area contributed by atoms with Crippen molar-refractivity contribution < 1.29 is 19.4 Å². The minimum absolute atomic E-state index is 0.0868. The van der Waals surface area contributed by atoms with Gasteiger partial charge in [0.1, 0.15) is 16.4 Å². The lowest BCUT2D eigenvalue weighted by Crippen LogP contribution is -2.46.